The lowest BCUT2D eigenvalue weighted by molar-refractivity contribution is -0.149. The van der Waals surface area contributed by atoms with Crippen molar-refractivity contribution in [2.24, 2.45) is 0 Å². The first-order valence-electron chi connectivity index (χ1n) is 13.1. The van der Waals surface area contributed by atoms with E-state index in [9.17, 15) is 14.4 Å². The molecule has 1 aliphatic heterocycles. The van der Waals surface area contributed by atoms with E-state index in [-0.39, 0.29) is 16.8 Å². The minimum atomic E-state index is -2.25. The molecule has 4 rings (SSSR count). The van der Waals surface area contributed by atoms with E-state index >= 15 is 0 Å². The standard InChI is InChI=1S/C28H34N4O7SSi/c1-28(2,3)41(4,5)36-17-20-23(38-22(34)12-11-19-9-7-6-8-10-19)24(39-27(40)31-16-14-29-18-31)25(37-20)32-15-13-21(33)30-26(32)35/h6-16,18,20,23-25H,17H2,1-5H3,(H,30,33,35)/b12-11+/t20-,23-,24-,25-/m1/s1. The zero-order chi connectivity index (χ0) is 29.8. The highest BCUT2D eigenvalue weighted by Crippen LogP contribution is 2.39. The van der Waals surface area contributed by atoms with E-state index in [1.54, 1.807) is 12.3 Å². The van der Waals surface area contributed by atoms with E-state index in [1.165, 1.54) is 40.0 Å². The van der Waals surface area contributed by atoms with Crippen LogP contribution in [0.4, 0.5) is 0 Å². The number of nitrogens with zero attached hydrogens (tertiary/aromatic N) is 3. The minimum Gasteiger partial charge on any atom is -0.458 e. The van der Waals surface area contributed by atoms with Gasteiger partial charge in [0.15, 0.2) is 26.8 Å². The molecule has 13 heteroatoms. The summed E-state index contributed by atoms with van der Waals surface area (Å²) in [6.07, 6.45) is 4.80. The number of nitrogens with one attached hydrogen (secondary N) is 1. The Kier molecular flexibility index (Phi) is 9.22. The second-order valence-corrected chi connectivity index (χ2v) is 16.3. The molecule has 1 N–H and O–H groups in total. The highest BCUT2D eigenvalue weighted by atomic mass is 32.1. The van der Waals surface area contributed by atoms with Crippen LogP contribution in [0.15, 0.2) is 77.0 Å². The molecule has 3 heterocycles. The quantitative estimate of drug-likeness (QED) is 0.179. The Labute approximate surface area is 243 Å². The molecule has 0 unspecified atom stereocenters. The third-order valence-corrected chi connectivity index (χ3v) is 12.0. The van der Waals surface area contributed by atoms with Crippen molar-refractivity contribution in [1.82, 2.24) is 19.1 Å². The van der Waals surface area contributed by atoms with E-state index in [0.717, 1.165) is 5.56 Å². The summed E-state index contributed by atoms with van der Waals surface area (Å²) in [5.74, 6) is -0.642. The molecule has 0 radical (unpaired) electrons. The van der Waals surface area contributed by atoms with E-state index in [1.807, 2.05) is 30.3 Å². The normalized spacial score (nSPS) is 21.2. The number of ether oxygens (including phenoxy) is 3. The van der Waals surface area contributed by atoms with Crippen LogP contribution in [-0.2, 0) is 23.4 Å². The van der Waals surface area contributed by atoms with Crippen molar-refractivity contribution in [3.8, 4) is 0 Å². The molecule has 0 spiro atoms. The molecular formula is C28H34N4O7SSi. The van der Waals surface area contributed by atoms with Gasteiger partial charge >= 0.3 is 11.7 Å². The largest absolute Gasteiger partial charge is 0.458 e. The summed E-state index contributed by atoms with van der Waals surface area (Å²) >= 11 is 5.48. The summed E-state index contributed by atoms with van der Waals surface area (Å²) < 4.78 is 27.5. The number of esters is 1. The lowest BCUT2D eigenvalue weighted by Gasteiger charge is -2.37. The topological polar surface area (TPSA) is 127 Å². The molecule has 2 aromatic heterocycles. The van der Waals surface area contributed by atoms with Crippen LogP contribution in [0.5, 0.6) is 0 Å². The Morgan fingerprint density at radius 2 is 1.85 bits per heavy atom. The highest BCUT2D eigenvalue weighted by Gasteiger charge is 2.51. The summed E-state index contributed by atoms with van der Waals surface area (Å²) in [6.45, 7) is 10.6. The highest BCUT2D eigenvalue weighted by molar-refractivity contribution is 7.80. The van der Waals surface area contributed by atoms with Gasteiger partial charge < -0.3 is 18.6 Å². The Balaban J connectivity index is 1.69. The smallest absolute Gasteiger partial charge is 0.331 e. The van der Waals surface area contributed by atoms with Crippen LogP contribution in [0, 0.1) is 0 Å². The van der Waals surface area contributed by atoms with Crippen LogP contribution in [0.3, 0.4) is 0 Å². The number of thiocarbonyl (C=S) groups is 1. The molecule has 218 valence electrons. The monoisotopic (exact) mass is 598 g/mol. The number of carbonyl (C=O) groups excluding carboxylic acids is 1. The molecule has 1 aromatic carbocycles. The zero-order valence-electron chi connectivity index (χ0n) is 23.6. The number of rotatable bonds is 8. The van der Waals surface area contributed by atoms with Crippen molar-refractivity contribution < 1.29 is 23.4 Å². The van der Waals surface area contributed by atoms with E-state index in [2.05, 4.69) is 43.8 Å². The minimum absolute atomic E-state index is 0.00501. The maximum atomic E-state index is 13.1. The van der Waals surface area contributed by atoms with Crippen LogP contribution in [0.1, 0.15) is 32.6 Å². The average Bonchev–Trinajstić information content (AvgIpc) is 3.56. The van der Waals surface area contributed by atoms with Crippen molar-refractivity contribution in [3.63, 3.8) is 0 Å². The molecule has 0 saturated carbocycles. The van der Waals surface area contributed by atoms with Crippen molar-refractivity contribution >= 4 is 37.8 Å². The number of benzene rings is 1. The van der Waals surface area contributed by atoms with Crippen molar-refractivity contribution in [3.05, 3.63) is 93.8 Å². The molecule has 41 heavy (non-hydrogen) atoms. The third-order valence-electron chi connectivity index (χ3n) is 7.24. The molecule has 0 aliphatic carbocycles. The molecular weight excluding hydrogens is 564 g/mol. The average molecular weight is 599 g/mol. The third kappa shape index (κ3) is 7.36. The van der Waals surface area contributed by atoms with Gasteiger partial charge in [-0.05, 0) is 42.0 Å². The van der Waals surface area contributed by atoms with Crippen LogP contribution in [0.2, 0.25) is 18.1 Å². The van der Waals surface area contributed by atoms with Gasteiger partial charge in [0.1, 0.15) is 12.4 Å². The summed E-state index contributed by atoms with van der Waals surface area (Å²) in [5, 5.41) is -0.0879. The Hall–Kier alpha value is -3.65. The molecule has 0 bridgehead atoms. The van der Waals surface area contributed by atoms with Gasteiger partial charge in [-0.1, -0.05) is 51.1 Å². The van der Waals surface area contributed by atoms with Crippen LogP contribution >= 0.6 is 12.2 Å². The first-order chi connectivity index (χ1) is 19.4. The van der Waals surface area contributed by atoms with E-state index < -0.39 is 50.1 Å². The first kappa shape index (κ1) is 30.3. The van der Waals surface area contributed by atoms with E-state index in [4.69, 9.17) is 30.9 Å². The summed E-state index contributed by atoms with van der Waals surface area (Å²) in [5.41, 5.74) is -0.469. The fraction of sp³-hybridized carbons (Fsp3) is 0.393. The number of carbonyl (C=O) groups is 1. The number of aromatic nitrogens is 4. The SMILES string of the molecule is CC(C)(C)[Si](C)(C)OC[C@H]1O[C@@H](n2ccc(=O)[nH]c2=O)[C@H](OC(=S)n2ccnc2)[C@@H]1OC(=O)/C=C/c1ccccc1. The van der Waals surface area contributed by atoms with Crippen LogP contribution < -0.4 is 11.2 Å². The van der Waals surface area contributed by atoms with Gasteiger partial charge in [0.2, 0.25) is 0 Å². The van der Waals surface area contributed by atoms with Gasteiger partial charge in [-0.15, -0.1) is 0 Å². The molecule has 4 atom stereocenters. The Bertz CT molecular complexity index is 1500. The van der Waals surface area contributed by atoms with Crippen molar-refractivity contribution in [1.29, 1.82) is 0 Å². The fourth-order valence-electron chi connectivity index (χ4n) is 3.91. The number of hydrogen-bond acceptors (Lipinski definition) is 9. The molecule has 11 nitrogen and oxygen atoms in total. The summed E-state index contributed by atoms with van der Waals surface area (Å²) in [6, 6.07) is 10.5. The van der Waals surface area contributed by atoms with Crippen LogP contribution in [-0.4, -0.2) is 63.5 Å². The number of hydrogen-bond donors (Lipinski definition) is 1. The maximum absolute atomic E-state index is 13.1. The second-order valence-electron chi connectivity index (χ2n) is 11.1. The molecule has 0 amide bonds. The second kappa shape index (κ2) is 12.5. The first-order valence-corrected chi connectivity index (χ1v) is 16.4. The molecule has 1 fully saturated rings. The number of H-pyrrole nitrogens is 1. The predicted molar refractivity (Wildman–Crippen MR) is 159 cm³/mol. The lowest BCUT2D eigenvalue weighted by Crippen LogP contribution is -2.46. The molecule has 1 saturated heterocycles. The Morgan fingerprint density at radius 3 is 2.49 bits per heavy atom. The molecule has 3 aromatic rings. The number of aromatic amines is 1. The summed E-state index contributed by atoms with van der Waals surface area (Å²) in [4.78, 5) is 43.9. The van der Waals surface area contributed by atoms with Crippen molar-refractivity contribution in [2.45, 2.75) is 63.4 Å². The molecule has 1 aliphatic rings. The van der Waals surface area contributed by atoms with Gasteiger partial charge in [0.05, 0.1) is 6.61 Å². The van der Waals surface area contributed by atoms with Gasteiger partial charge in [-0.2, -0.15) is 0 Å². The lowest BCUT2D eigenvalue weighted by atomic mass is 10.1. The Morgan fingerprint density at radius 1 is 1.12 bits per heavy atom. The van der Waals surface area contributed by atoms with Gasteiger partial charge in [-0.3, -0.25) is 18.9 Å². The van der Waals surface area contributed by atoms with Crippen molar-refractivity contribution in [2.75, 3.05) is 6.61 Å². The van der Waals surface area contributed by atoms with Gasteiger partial charge in [0, 0.05) is 30.7 Å². The zero-order valence-corrected chi connectivity index (χ0v) is 25.4. The number of imidazole rings is 1. The van der Waals surface area contributed by atoms with Gasteiger partial charge in [0.25, 0.3) is 10.7 Å². The van der Waals surface area contributed by atoms with Gasteiger partial charge in [-0.25, -0.2) is 14.6 Å². The maximum Gasteiger partial charge on any atom is 0.331 e. The predicted octanol–water partition coefficient (Wildman–Crippen LogP) is 3.50. The van der Waals surface area contributed by atoms with Crippen LogP contribution in [0.25, 0.3) is 6.08 Å². The summed E-state index contributed by atoms with van der Waals surface area (Å²) in [7, 11) is -2.25. The fourth-order valence-corrected chi connectivity index (χ4v) is 5.15. The van der Waals surface area contributed by atoms with E-state index in [0.29, 0.717) is 0 Å².